The fraction of sp³-hybridized carbons (Fsp3) is 0.238. The molecule has 0 amide bonds. The Balaban J connectivity index is 1.61. The summed E-state index contributed by atoms with van der Waals surface area (Å²) >= 11 is 0. The van der Waals surface area contributed by atoms with Gasteiger partial charge in [0, 0.05) is 36.3 Å². The maximum absolute atomic E-state index is 13.5. The Hall–Kier alpha value is -2.64. The van der Waals surface area contributed by atoms with Gasteiger partial charge >= 0.3 is 0 Å². The van der Waals surface area contributed by atoms with Crippen LogP contribution in [0.1, 0.15) is 22.5 Å². The fourth-order valence-electron chi connectivity index (χ4n) is 3.42. The molecule has 1 aliphatic heterocycles. The predicted octanol–water partition coefficient (Wildman–Crippen LogP) is 3.48. The first-order chi connectivity index (χ1) is 13.4. The molecule has 2 heterocycles. The van der Waals surface area contributed by atoms with E-state index in [0.717, 1.165) is 22.5 Å². The van der Waals surface area contributed by atoms with E-state index in [1.165, 1.54) is 16.4 Å². The summed E-state index contributed by atoms with van der Waals surface area (Å²) in [4.78, 5) is 9.09. The van der Waals surface area contributed by atoms with Gasteiger partial charge in [0.05, 0.1) is 11.4 Å². The van der Waals surface area contributed by atoms with Crippen molar-refractivity contribution >= 4 is 10.0 Å². The normalized spacial score (nSPS) is 14.6. The van der Waals surface area contributed by atoms with E-state index in [1.807, 2.05) is 37.3 Å². The maximum Gasteiger partial charge on any atom is 0.218 e. The second-order valence-electron chi connectivity index (χ2n) is 6.89. The number of sulfonamides is 1. The van der Waals surface area contributed by atoms with E-state index in [0.29, 0.717) is 24.4 Å². The second kappa shape index (κ2) is 7.41. The van der Waals surface area contributed by atoms with Crippen LogP contribution < -0.4 is 0 Å². The molecule has 144 valence electrons. The van der Waals surface area contributed by atoms with Gasteiger partial charge in [-0.2, -0.15) is 4.31 Å². The molecule has 0 N–H and O–H groups in total. The van der Waals surface area contributed by atoms with Crippen LogP contribution in [0.5, 0.6) is 0 Å². The van der Waals surface area contributed by atoms with Crippen LogP contribution in [-0.2, 0) is 28.7 Å². The highest BCUT2D eigenvalue weighted by atomic mass is 32.2. The summed E-state index contributed by atoms with van der Waals surface area (Å²) in [5.41, 5.74) is 3.78. The predicted molar refractivity (Wildman–Crippen MR) is 105 cm³/mol. The van der Waals surface area contributed by atoms with E-state index in [2.05, 4.69) is 9.97 Å². The SMILES string of the molecule is Cc1nc(-c2cccc(F)c2)nc2c1CN(S(=O)(=O)Cc1ccccc1)CC2. The number of fused-ring (bicyclic) bond motifs is 1. The van der Waals surface area contributed by atoms with Crippen molar-refractivity contribution in [1.82, 2.24) is 14.3 Å². The Morgan fingerprint density at radius 2 is 1.86 bits per heavy atom. The molecule has 4 rings (SSSR count). The first-order valence-electron chi connectivity index (χ1n) is 9.06. The molecular formula is C21H20FN3O2S. The number of halogens is 1. The lowest BCUT2D eigenvalue weighted by molar-refractivity contribution is 0.385. The smallest absolute Gasteiger partial charge is 0.218 e. The van der Waals surface area contributed by atoms with Gasteiger partial charge in [-0.3, -0.25) is 0 Å². The average Bonchev–Trinajstić information content (AvgIpc) is 2.68. The molecule has 0 saturated heterocycles. The Labute approximate surface area is 163 Å². The minimum Gasteiger partial charge on any atom is -0.233 e. The maximum atomic E-state index is 13.5. The third-order valence-electron chi connectivity index (χ3n) is 4.90. The van der Waals surface area contributed by atoms with E-state index in [9.17, 15) is 12.8 Å². The number of rotatable bonds is 4. The lowest BCUT2D eigenvalue weighted by atomic mass is 10.1. The van der Waals surface area contributed by atoms with E-state index in [1.54, 1.807) is 12.1 Å². The summed E-state index contributed by atoms with van der Waals surface area (Å²) in [5.74, 6) is 0.107. The molecule has 1 aliphatic rings. The van der Waals surface area contributed by atoms with Gasteiger partial charge in [0.2, 0.25) is 10.0 Å². The van der Waals surface area contributed by atoms with Gasteiger partial charge in [0.25, 0.3) is 0 Å². The van der Waals surface area contributed by atoms with Crippen LogP contribution in [0.4, 0.5) is 4.39 Å². The molecule has 0 unspecified atom stereocenters. The highest BCUT2D eigenvalue weighted by Crippen LogP contribution is 2.26. The van der Waals surface area contributed by atoms with E-state index < -0.39 is 10.0 Å². The molecule has 0 bridgehead atoms. The van der Waals surface area contributed by atoms with Crippen LogP contribution in [0.3, 0.4) is 0 Å². The number of hydrogen-bond donors (Lipinski definition) is 0. The zero-order valence-electron chi connectivity index (χ0n) is 15.5. The van der Waals surface area contributed by atoms with Crippen LogP contribution in [0.15, 0.2) is 54.6 Å². The Morgan fingerprint density at radius 1 is 1.07 bits per heavy atom. The topological polar surface area (TPSA) is 63.2 Å². The van der Waals surface area contributed by atoms with E-state index in [4.69, 9.17) is 0 Å². The monoisotopic (exact) mass is 397 g/mol. The minimum absolute atomic E-state index is 0.0234. The molecule has 1 aromatic heterocycles. The highest BCUT2D eigenvalue weighted by molar-refractivity contribution is 7.88. The number of benzene rings is 2. The highest BCUT2D eigenvalue weighted by Gasteiger charge is 2.29. The third kappa shape index (κ3) is 3.81. The van der Waals surface area contributed by atoms with Crippen LogP contribution >= 0.6 is 0 Å². The third-order valence-corrected chi connectivity index (χ3v) is 6.70. The summed E-state index contributed by atoms with van der Waals surface area (Å²) in [6.45, 7) is 2.48. The molecule has 0 saturated carbocycles. The van der Waals surface area contributed by atoms with Gasteiger partial charge in [-0.1, -0.05) is 42.5 Å². The van der Waals surface area contributed by atoms with Crippen molar-refractivity contribution in [2.45, 2.75) is 25.6 Å². The second-order valence-corrected chi connectivity index (χ2v) is 8.86. The molecule has 2 aromatic carbocycles. The Morgan fingerprint density at radius 3 is 2.61 bits per heavy atom. The van der Waals surface area contributed by atoms with Gasteiger partial charge in [-0.05, 0) is 24.6 Å². The zero-order chi connectivity index (χ0) is 19.7. The summed E-state index contributed by atoms with van der Waals surface area (Å²) in [5, 5.41) is 0. The van der Waals surface area contributed by atoms with Crippen LogP contribution in [-0.4, -0.2) is 29.2 Å². The Kier molecular flexibility index (Phi) is 4.95. The van der Waals surface area contributed by atoms with Crippen molar-refractivity contribution in [2.75, 3.05) is 6.54 Å². The van der Waals surface area contributed by atoms with Crippen LogP contribution in [0.25, 0.3) is 11.4 Å². The molecule has 0 aliphatic carbocycles. The first kappa shape index (κ1) is 18.7. The molecule has 5 nitrogen and oxygen atoms in total. The Bertz CT molecular complexity index is 1120. The van der Waals surface area contributed by atoms with Gasteiger partial charge in [-0.15, -0.1) is 0 Å². The molecular weight excluding hydrogens is 377 g/mol. The van der Waals surface area contributed by atoms with Crippen LogP contribution in [0, 0.1) is 12.7 Å². The number of hydrogen-bond acceptors (Lipinski definition) is 4. The van der Waals surface area contributed by atoms with E-state index in [-0.39, 0.29) is 18.1 Å². The van der Waals surface area contributed by atoms with Crippen molar-refractivity contribution in [2.24, 2.45) is 0 Å². The number of nitrogens with zero attached hydrogens (tertiary/aromatic N) is 3. The molecule has 0 spiro atoms. The zero-order valence-corrected chi connectivity index (χ0v) is 16.3. The number of aryl methyl sites for hydroxylation is 1. The van der Waals surface area contributed by atoms with Crippen molar-refractivity contribution < 1.29 is 12.8 Å². The van der Waals surface area contributed by atoms with Crippen molar-refractivity contribution in [3.8, 4) is 11.4 Å². The summed E-state index contributed by atoms with van der Waals surface area (Å²) in [6.07, 6.45) is 0.509. The van der Waals surface area contributed by atoms with E-state index >= 15 is 0 Å². The summed E-state index contributed by atoms with van der Waals surface area (Å²) in [6, 6.07) is 15.3. The molecule has 3 aromatic rings. The van der Waals surface area contributed by atoms with Gasteiger partial charge in [0.1, 0.15) is 5.82 Å². The lowest BCUT2D eigenvalue weighted by Crippen LogP contribution is -2.37. The molecule has 7 heteroatoms. The van der Waals surface area contributed by atoms with Gasteiger partial charge in [-0.25, -0.2) is 22.8 Å². The van der Waals surface area contributed by atoms with Crippen molar-refractivity contribution in [3.63, 3.8) is 0 Å². The average molecular weight is 397 g/mol. The molecule has 0 atom stereocenters. The molecule has 0 fully saturated rings. The summed E-state index contributed by atoms with van der Waals surface area (Å²) < 4.78 is 40.7. The number of aromatic nitrogens is 2. The minimum atomic E-state index is -3.44. The largest absolute Gasteiger partial charge is 0.233 e. The van der Waals surface area contributed by atoms with Gasteiger partial charge < -0.3 is 0 Å². The van der Waals surface area contributed by atoms with Gasteiger partial charge in [0.15, 0.2) is 5.82 Å². The van der Waals surface area contributed by atoms with Crippen molar-refractivity contribution in [1.29, 1.82) is 0 Å². The quantitative estimate of drug-likeness (QED) is 0.676. The molecule has 28 heavy (non-hydrogen) atoms. The standard InChI is InChI=1S/C21H20FN3O2S/c1-15-19-13-25(28(26,27)14-16-6-3-2-4-7-16)11-10-20(19)24-21(23-15)17-8-5-9-18(22)12-17/h2-9,12H,10-11,13-14H2,1H3. The summed E-state index contributed by atoms with van der Waals surface area (Å²) in [7, 11) is -3.44. The van der Waals surface area contributed by atoms with Crippen LogP contribution in [0.2, 0.25) is 0 Å². The molecule has 0 radical (unpaired) electrons. The fourth-order valence-corrected chi connectivity index (χ4v) is 4.92. The lowest BCUT2D eigenvalue weighted by Gasteiger charge is -2.28. The first-order valence-corrected chi connectivity index (χ1v) is 10.7. The van der Waals surface area contributed by atoms with Crippen molar-refractivity contribution in [3.05, 3.63) is 82.9 Å².